The van der Waals surface area contributed by atoms with E-state index >= 15 is 0 Å². The second kappa shape index (κ2) is 10.3. The lowest BCUT2D eigenvalue weighted by molar-refractivity contribution is -0.127. The number of hydrogen-bond acceptors (Lipinski definition) is 2. The van der Waals surface area contributed by atoms with Gasteiger partial charge in [-0.1, -0.05) is 59.6 Å². The van der Waals surface area contributed by atoms with Gasteiger partial charge in [-0.05, 0) is 62.4 Å². The molecule has 0 aromatic heterocycles. The molecule has 2 aromatic carbocycles. The molecule has 1 saturated heterocycles. The third-order valence-electron chi connectivity index (χ3n) is 5.38. The quantitative estimate of drug-likeness (QED) is 0.657. The molecule has 150 valence electrons. The SMILES string of the molecule is CC(CCc1ccccc1)NC(=O)C1CCCN(Cc2ccc(Cl)cc2Cl)C1. The molecule has 5 heteroatoms. The Morgan fingerprint density at radius 3 is 2.75 bits per heavy atom. The molecule has 1 aliphatic heterocycles. The van der Waals surface area contributed by atoms with E-state index in [1.807, 2.05) is 18.2 Å². The number of rotatable bonds is 7. The highest BCUT2D eigenvalue weighted by atomic mass is 35.5. The lowest BCUT2D eigenvalue weighted by atomic mass is 9.96. The number of benzene rings is 2. The van der Waals surface area contributed by atoms with Crippen LogP contribution in [-0.4, -0.2) is 29.9 Å². The average molecular weight is 419 g/mol. The largest absolute Gasteiger partial charge is 0.353 e. The fourth-order valence-corrected chi connectivity index (χ4v) is 4.23. The van der Waals surface area contributed by atoms with Crippen molar-refractivity contribution in [3.8, 4) is 0 Å². The van der Waals surface area contributed by atoms with Crippen LogP contribution in [0.4, 0.5) is 0 Å². The summed E-state index contributed by atoms with van der Waals surface area (Å²) in [6.45, 7) is 4.61. The Kier molecular flexibility index (Phi) is 7.78. The van der Waals surface area contributed by atoms with Gasteiger partial charge in [0, 0.05) is 29.2 Å². The number of carbonyl (C=O) groups excluding carboxylic acids is 1. The number of hydrogen-bond donors (Lipinski definition) is 1. The summed E-state index contributed by atoms with van der Waals surface area (Å²) in [5.74, 6) is 0.214. The number of amides is 1. The third kappa shape index (κ3) is 6.23. The maximum absolute atomic E-state index is 12.7. The molecule has 1 heterocycles. The molecular weight excluding hydrogens is 391 g/mol. The molecule has 2 unspecified atom stereocenters. The Balaban J connectivity index is 1.48. The molecule has 0 bridgehead atoms. The standard InChI is InChI=1S/C23H28Cl2N2O/c1-17(9-10-18-6-3-2-4-7-18)26-23(28)20-8-5-13-27(16-20)15-19-11-12-21(24)14-22(19)25/h2-4,6-7,11-12,14,17,20H,5,8-10,13,15-16H2,1H3,(H,26,28). The zero-order valence-electron chi connectivity index (χ0n) is 16.3. The van der Waals surface area contributed by atoms with E-state index in [4.69, 9.17) is 23.2 Å². The van der Waals surface area contributed by atoms with E-state index in [1.165, 1.54) is 5.56 Å². The van der Waals surface area contributed by atoms with E-state index in [1.54, 1.807) is 6.07 Å². The van der Waals surface area contributed by atoms with Gasteiger partial charge in [-0.3, -0.25) is 9.69 Å². The van der Waals surface area contributed by atoms with Gasteiger partial charge < -0.3 is 5.32 Å². The maximum Gasteiger partial charge on any atom is 0.224 e. The normalized spacial score (nSPS) is 18.6. The summed E-state index contributed by atoms with van der Waals surface area (Å²) in [6.07, 6.45) is 3.91. The molecule has 3 rings (SSSR count). The summed E-state index contributed by atoms with van der Waals surface area (Å²) in [5, 5.41) is 4.55. The summed E-state index contributed by atoms with van der Waals surface area (Å²) in [7, 11) is 0. The predicted octanol–water partition coefficient (Wildman–Crippen LogP) is 5.34. The number of halogens is 2. The summed E-state index contributed by atoms with van der Waals surface area (Å²) >= 11 is 12.3. The molecular formula is C23H28Cl2N2O. The van der Waals surface area contributed by atoms with E-state index < -0.39 is 0 Å². The first-order valence-corrected chi connectivity index (χ1v) is 10.8. The van der Waals surface area contributed by atoms with Crippen LogP contribution in [0.25, 0.3) is 0 Å². The second-order valence-electron chi connectivity index (χ2n) is 7.74. The fraction of sp³-hybridized carbons (Fsp3) is 0.435. The first-order valence-electron chi connectivity index (χ1n) is 10.0. The monoisotopic (exact) mass is 418 g/mol. The Morgan fingerprint density at radius 1 is 1.21 bits per heavy atom. The van der Waals surface area contributed by atoms with Crippen molar-refractivity contribution in [3.05, 3.63) is 69.7 Å². The Bertz CT molecular complexity index is 781. The van der Waals surface area contributed by atoms with Crippen LogP contribution < -0.4 is 5.32 Å². The Labute approximate surface area is 178 Å². The molecule has 3 nitrogen and oxygen atoms in total. The van der Waals surface area contributed by atoms with Crippen molar-refractivity contribution < 1.29 is 4.79 Å². The summed E-state index contributed by atoms with van der Waals surface area (Å²) in [4.78, 5) is 15.1. The number of aryl methyl sites for hydroxylation is 1. The number of carbonyl (C=O) groups is 1. The molecule has 0 saturated carbocycles. The smallest absolute Gasteiger partial charge is 0.224 e. The highest BCUT2D eigenvalue weighted by Crippen LogP contribution is 2.25. The highest BCUT2D eigenvalue weighted by molar-refractivity contribution is 6.35. The minimum atomic E-state index is 0.0407. The molecule has 0 spiro atoms. The first kappa shape index (κ1) is 21.2. The molecule has 2 atom stereocenters. The minimum Gasteiger partial charge on any atom is -0.353 e. The van der Waals surface area contributed by atoms with Crippen LogP contribution in [-0.2, 0) is 17.8 Å². The van der Waals surface area contributed by atoms with E-state index in [0.29, 0.717) is 10.0 Å². The predicted molar refractivity (Wildman–Crippen MR) is 117 cm³/mol. The van der Waals surface area contributed by atoms with Crippen LogP contribution >= 0.6 is 23.2 Å². The maximum atomic E-state index is 12.7. The fourth-order valence-electron chi connectivity index (χ4n) is 3.76. The van der Waals surface area contributed by atoms with Crippen molar-refractivity contribution in [1.82, 2.24) is 10.2 Å². The van der Waals surface area contributed by atoms with Gasteiger partial charge in [0.15, 0.2) is 0 Å². The van der Waals surface area contributed by atoms with Crippen LogP contribution in [0.2, 0.25) is 10.0 Å². The van der Waals surface area contributed by atoms with E-state index in [2.05, 4.69) is 41.4 Å². The van der Waals surface area contributed by atoms with Crippen molar-refractivity contribution in [3.63, 3.8) is 0 Å². The summed E-state index contributed by atoms with van der Waals surface area (Å²) in [6, 6.07) is 16.2. The highest BCUT2D eigenvalue weighted by Gasteiger charge is 2.26. The van der Waals surface area contributed by atoms with Crippen molar-refractivity contribution >= 4 is 29.1 Å². The summed E-state index contributed by atoms with van der Waals surface area (Å²) < 4.78 is 0. The Hall–Kier alpha value is -1.55. The molecule has 1 N–H and O–H groups in total. The van der Waals surface area contributed by atoms with Gasteiger partial charge in [0.25, 0.3) is 0 Å². The number of nitrogens with zero attached hydrogens (tertiary/aromatic N) is 1. The first-order chi connectivity index (χ1) is 13.5. The van der Waals surface area contributed by atoms with Crippen molar-refractivity contribution in [2.45, 2.75) is 45.2 Å². The number of likely N-dealkylation sites (tertiary alicyclic amines) is 1. The van der Waals surface area contributed by atoms with Gasteiger partial charge in [0.2, 0.25) is 5.91 Å². The molecule has 0 aliphatic carbocycles. The van der Waals surface area contributed by atoms with Gasteiger partial charge in [-0.2, -0.15) is 0 Å². The molecule has 1 aliphatic rings. The van der Waals surface area contributed by atoms with Crippen LogP contribution in [0.3, 0.4) is 0 Å². The molecule has 2 aromatic rings. The van der Waals surface area contributed by atoms with Crippen molar-refractivity contribution in [2.75, 3.05) is 13.1 Å². The van der Waals surface area contributed by atoms with E-state index in [9.17, 15) is 4.79 Å². The van der Waals surface area contributed by atoms with Gasteiger partial charge in [-0.25, -0.2) is 0 Å². The molecule has 1 amide bonds. The Morgan fingerprint density at radius 2 is 2.00 bits per heavy atom. The summed E-state index contributed by atoms with van der Waals surface area (Å²) in [5.41, 5.74) is 2.37. The number of piperidine rings is 1. The van der Waals surface area contributed by atoms with Gasteiger partial charge in [0.1, 0.15) is 0 Å². The van der Waals surface area contributed by atoms with Crippen LogP contribution in [0.15, 0.2) is 48.5 Å². The van der Waals surface area contributed by atoms with Crippen LogP contribution in [0.5, 0.6) is 0 Å². The molecule has 1 fully saturated rings. The van der Waals surface area contributed by atoms with E-state index in [-0.39, 0.29) is 17.9 Å². The zero-order valence-corrected chi connectivity index (χ0v) is 17.8. The van der Waals surface area contributed by atoms with Gasteiger partial charge in [-0.15, -0.1) is 0 Å². The second-order valence-corrected chi connectivity index (χ2v) is 8.59. The topological polar surface area (TPSA) is 32.3 Å². The third-order valence-corrected chi connectivity index (χ3v) is 5.97. The molecule has 28 heavy (non-hydrogen) atoms. The number of nitrogens with one attached hydrogen (secondary N) is 1. The lowest BCUT2D eigenvalue weighted by Gasteiger charge is -2.32. The average Bonchev–Trinajstić information content (AvgIpc) is 2.69. The van der Waals surface area contributed by atoms with Crippen LogP contribution in [0, 0.1) is 5.92 Å². The van der Waals surface area contributed by atoms with Gasteiger partial charge >= 0.3 is 0 Å². The zero-order chi connectivity index (χ0) is 19.9. The lowest BCUT2D eigenvalue weighted by Crippen LogP contribution is -2.45. The molecule has 0 radical (unpaired) electrons. The van der Waals surface area contributed by atoms with Gasteiger partial charge in [0.05, 0.1) is 5.92 Å². The van der Waals surface area contributed by atoms with Crippen molar-refractivity contribution in [1.29, 1.82) is 0 Å². The minimum absolute atomic E-state index is 0.0407. The van der Waals surface area contributed by atoms with Crippen LogP contribution in [0.1, 0.15) is 37.3 Å². The van der Waals surface area contributed by atoms with E-state index in [0.717, 1.165) is 50.9 Å². The van der Waals surface area contributed by atoms with Crippen molar-refractivity contribution in [2.24, 2.45) is 5.92 Å².